The standard InChI is InChI=1S/C21H20N4O3S/c1-28-18-10-4-15(5-11-18)20-19-3-2-12-23(19)13-14-24(20)21(29)22-16-6-8-17(9-7-16)25(26)27/h2-12,20H,13-14H2,1H3,(H,22,29)/t20-/m0/s1. The molecule has 1 aliphatic rings. The van der Waals surface area contributed by atoms with Crippen LogP contribution in [0.15, 0.2) is 66.9 Å². The molecule has 0 saturated carbocycles. The number of nitrogens with zero attached hydrogens (tertiary/aromatic N) is 3. The molecule has 1 N–H and O–H groups in total. The molecule has 3 aromatic rings. The molecule has 2 heterocycles. The van der Waals surface area contributed by atoms with E-state index in [4.69, 9.17) is 17.0 Å². The lowest BCUT2D eigenvalue weighted by Gasteiger charge is -2.39. The maximum absolute atomic E-state index is 10.9. The van der Waals surface area contributed by atoms with E-state index in [0.29, 0.717) is 5.11 Å². The third kappa shape index (κ3) is 3.79. The molecule has 29 heavy (non-hydrogen) atoms. The minimum atomic E-state index is -0.416. The van der Waals surface area contributed by atoms with Crippen molar-refractivity contribution in [2.45, 2.75) is 12.6 Å². The lowest BCUT2D eigenvalue weighted by molar-refractivity contribution is -0.384. The van der Waals surface area contributed by atoms with Crippen LogP contribution in [-0.2, 0) is 6.54 Å². The number of methoxy groups -OCH3 is 1. The van der Waals surface area contributed by atoms with Crippen LogP contribution in [0.4, 0.5) is 11.4 Å². The van der Waals surface area contributed by atoms with Crippen LogP contribution >= 0.6 is 12.2 Å². The van der Waals surface area contributed by atoms with E-state index in [1.807, 2.05) is 30.3 Å². The van der Waals surface area contributed by atoms with Gasteiger partial charge in [-0.25, -0.2) is 0 Å². The van der Waals surface area contributed by atoms with Gasteiger partial charge in [-0.1, -0.05) is 12.1 Å². The molecular formula is C21H20N4O3S. The largest absolute Gasteiger partial charge is 0.497 e. The van der Waals surface area contributed by atoms with E-state index in [2.05, 4.69) is 27.0 Å². The fourth-order valence-corrected chi connectivity index (χ4v) is 3.92. The van der Waals surface area contributed by atoms with E-state index in [1.54, 1.807) is 19.2 Å². The van der Waals surface area contributed by atoms with E-state index in [-0.39, 0.29) is 11.7 Å². The molecule has 1 atom stereocenters. The lowest BCUT2D eigenvalue weighted by atomic mass is 10.00. The molecule has 0 amide bonds. The minimum absolute atomic E-state index is 0.0392. The van der Waals surface area contributed by atoms with Gasteiger partial charge in [0, 0.05) is 42.8 Å². The number of nitro benzene ring substituents is 1. The average molecular weight is 408 g/mol. The minimum Gasteiger partial charge on any atom is -0.497 e. The molecule has 2 aromatic carbocycles. The normalized spacial score (nSPS) is 15.5. The van der Waals surface area contributed by atoms with Crippen LogP contribution in [0.1, 0.15) is 17.3 Å². The van der Waals surface area contributed by atoms with E-state index >= 15 is 0 Å². The first kappa shape index (κ1) is 18.9. The Morgan fingerprint density at radius 1 is 1.14 bits per heavy atom. The molecule has 0 saturated heterocycles. The zero-order chi connectivity index (χ0) is 20.4. The Kier molecular flexibility index (Phi) is 5.18. The molecule has 0 unspecified atom stereocenters. The second-order valence-electron chi connectivity index (χ2n) is 6.73. The Hall–Kier alpha value is -3.39. The Balaban J connectivity index is 1.61. The molecule has 0 aliphatic carbocycles. The number of benzene rings is 2. The first-order valence-electron chi connectivity index (χ1n) is 9.18. The molecule has 0 spiro atoms. The predicted octanol–water partition coefficient (Wildman–Crippen LogP) is 4.21. The molecule has 4 rings (SSSR count). The molecule has 0 fully saturated rings. The number of hydrogen-bond donors (Lipinski definition) is 1. The number of nitrogens with one attached hydrogen (secondary N) is 1. The van der Waals surface area contributed by atoms with Gasteiger partial charge in [0.2, 0.25) is 0 Å². The first-order chi connectivity index (χ1) is 14.1. The van der Waals surface area contributed by atoms with Crippen LogP contribution in [-0.4, -0.2) is 33.2 Å². The fourth-order valence-electron chi connectivity index (χ4n) is 3.60. The predicted molar refractivity (Wildman–Crippen MR) is 115 cm³/mol. The number of anilines is 1. The topological polar surface area (TPSA) is 72.6 Å². The van der Waals surface area contributed by atoms with Crippen molar-refractivity contribution >= 4 is 28.7 Å². The van der Waals surface area contributed by atoms with Gasteiger partial charge in [0.1, 0.15) is 5.75 Å². The molecule has 1 aromatic heterocycles. The van der Waals surface area contributed by atoms with Crippen molar-refractivity contribution in [3.8, 4) is 5.75 Å². The van der Waals surface area contributed by atoms with Crippen LogP contribution < -0.4 is 10.1 Å². The SMILES string of the molecule is COc1ccc([C@H]2c3cccn3CCN2C(=S)Nc2ccc([N+](=O)[O-])cc2)cc1. The van der Waals surface area contributed by atoms with Crippen molar-refractivity contribution in [1.29, 1.82) is 0 Å². The van der Waals surface area contributed by atoms with Gasteiger partial charge in [0.15, 0.2) is 5.11 Å². The Morgan fingerprint density at radius 2 is 1.86 bits per heavy atom. The number of aromatic nitrogens is 1. The summed E-state index contributed by atoms with van der Waals surface area (Å²) < 4.78 is 7.52. The van der Waals surface area contributed by atoms with Crippen LogP contribution in [0.3, 0.4) is 0 Å². The Labute approximate surface area is 173 Å². The number of fused-ring (bicyclic) bond motifs is 1. The number of non-ortho nitro benzene ring substituents is 1. The number of nitro groups is 1. The third-order valence-electron chi connectivity index (χ3n) is 5.06. The number of ether oxygens (including phenoxy) is 1. The maximum Gasteiger partial charge on any atom is 0.269 e. The fraction of sp³-hybridized carbons (Fsp3) is 0.190. The van der Waals surface area contributed by atoms with Gasteiger partial charge in [-0.15, -0.1) is 0 Å². The molecule has 1 aliphatic heterocycles. The van der Waals surface area contributed by atoms with Crippen LogP contribution in [0, 0.1) is 10.1 Å². The summed E-state index contributed by atoms with van der Waals surface area (Å²) in [5.74, 6) is 0.804. The van der Waals surface area contributed by atoms with Gasteiger partial charge in [0.05, 0.1) is 18.1 Å². The van der Waals surface area contributed by atoms with Crippen LogP contribution in [0.5, 0.6) is 5.75 Å². The van der Waals surface area contributed by atoms with Crippen molar-refractivity contribution in [3.63, 3.8) is 0 Å². The smallest absolute Gasteiger partial charge is 0.269 e. The summed E-state index contributed by atoms with van der Waals surface area (Å²) in [6.07, 6.45) is 2.08. The van der Waals surface area contributed by atoms with Gasteiger partial charge in [-0.2, -0.15) is 0 Å². The molecular weight excluding hydrogens is 388 g/mol. The highest BCUT2D eigenvalue weighted by molar-refractivity contribution is 7.80. The van der Waals surface area contributed by atoms with E-state index in [1.165, 1.54) is 12.1 Å². The summed E-state index contributed by atoms with van der Waals surface area (Å²) >= 11 is 5.72. The van der Waals surface area contributed by atoms with Gasteiger partial charge in [-0.3, -0.25) is 10.1 Å². The zero-order valence-corrected chi connectivity index (χ0v) is 16.6. The summed E-state index contributed by atoms with van der Waals surface area (Å²) in [5, 5.41) is 14.7. The maximum atomic E-state index is 10.9. The van der Waals surface area contributed by atoms with Crippen molar-refractivity contribution in [3.05, 3.63) is 88.2 Å². The summed E-state index contributed by atoms with van der Waals surface area (Å²) in [6, 6.07) is 18.4. The summed E-state index contributed by atoms with van der Waals surface area (Å²) in [5.41, 5.74) is 3.04. The van der Waals surface area contributed by atoms with E-state index in [9.17, 15) is 10.1 Å². The summed E-state index contributed by atoms with van der Waals surface area (Å²) in [4.78, 5) is 12.6. The molecule has 148 valence electrons. The third-order valence-corrected chi connectivity index (χ3v) is 5.40. The number of rotatable bonds is 4. The second kappa shape index (κ2) is 7.92. The summed E-state index contributed by atoms with van der Waals surface area (Å²) in [7, 11) is 1.65. The summed E-state index contributed by atoms with van der Waals surface area (Å²) in [6.45, 7) is 1.58. The molecule has 8 heteroatoms. The number of hydrogen-bond acceptors (Lipinski definition) is 4. The first-order valence-corrected chi connectivity index (χ1v) is 9.58. The van der Waals surface area contributed by atoms with Gasteiger partial charge < -0.3 is 19.5 Å². The highest BCUT2D eigenvalue weighted by Gasteiger charge is 2.30. The molecule has 0 radical (unpaired) electrons. The van der Waals surface area contributed by atoms with Crippen molar-refractivity contribution in [2.75, 3.05) is 19.0 Å². The quantitative estimate of drug-likeness (QED) is 0.396. The highest BCUT2D eigenvalue weighted by atomic mass is 32.1. The Morgan fingerprint density at radius 3 is 2.52 bits per heavy atom. The average Bonchev–Trinajstić information content (AvgIpc) is 3.22. The zero-order valence-electron chi connectivity index (χ0n) is 15.8. The van der Waals surface area contributed by atoms with E-state index < -0.39 is 4.92 Å². The van der Waals surface area contributed by atoms with E-state index in [0.717, 1.165) is 35.8 Å². The van der Waals surface area contributed by atoms with Crippen molar-refractivity contribution in [1.82, 2.24) is 9.47 Å². The number of thiocarbonyl (C=S) groups is 1. The van der Waals surface area contributed by atoms with Gasteiger partial charge >= 0.3 is 0 Å². The molecule has 7 nitrogen and oxygen atoms in total. The van der Waals surface area contributed by atoms with Crippen LogP contribution in [0.25, 0.3) is 0 Å². The molecule has 0 bridgehead atoms. The van der Waals surface area contributed by atoms with Gasteiger partial charge in [-0.05, 0) is 54.2 Å². The monoisotopic (exact) mass is 408 g/mol. The van der Waals surface area contributed by atoms with Crippen molar-refractivity contribution in [2.24, 2.45) is 0 Å². The lowest BCUT2D eigenvalue weighted by Crippen LogP contribution is -2.44. The highest BCUT2D eigenvalue weighted by Crippen LogP contribution is 2.33. The second-order valence-corrected chi connectivity index (χ2v) is 7.12. The van der Waals surface area contributed by atoms with Crippen LogP contribution in [0.2, 0.25) is 0 Å². The van der Waals surface area contributed by atoms with Crippen molar-refractivity contribution < 1.29 is 9.66 Å². The Bertz CT molecular complexity index is 1030. The van der Waals surface area contributed by atoms with Gasteiger partial charge in [0.25, 0.3) is 5.69 Å².